The normalized spacial score (nSPS) is 10.6. The Hall–Kier alpha value is -2.79. The maximum Gasteiger partial charge on any atom is 0.246 e. The van der Waals surface area contributed by atoms with Crippen molar-refractivity contribution in [3.8, 4) is 5.75 Å². The van der Waals surface area contributed by atoms with Crippen LogP contribution in [0.5, 0.6) is 5.75 Å². The van der Waals surface area contributed by atoms with Gasteiger partial charge in [0.2, 0.25) is 11.8 Å². The molecule has 0 aliphatic rings. The molecule has 1 N–H and O–H groups in total. The molecular weight excluding hydrogens is 352 g/mol. The number of carbonyl (C=O) groups excluding carboxylic acids is 2. The first-order valence-electron chi connectivity index (χ1n) is 8.02. The van der Waals surface area contributed by atoms with Crippen LogP contribution in [0.1, 0.15) is 11.1 Å². The summed E-state index contributed by atoms with van der Waals surface area (Å²) in [4.78, 5) is 25.7. The summed E-state index contributed by atoms with van der Waals surface area (Å²) in [6.07, 6.45) is 3.16. The summed E-state index contributed by atoms with van der Waals surface area (Å²) in [5.74, 6) is -0.111. The smallest absolute Gasteiger partial charge is 0.246 e. The molecule has 5 nitrogen and oxygen atoms in total. The molecule has 0 radical (unpaired) electrons. The van der Waals surface area contributed by atoms with Gasteiger partial charge in [0, 0.05) is 18.1 Å². The Morgan fingerprint density at radius 2 is 1.88 bits per heavy atom. The van der Waals surface area contributed by atoms with Gasteiger partial charge in [0.1, 0.15) is 5.75 Å². The van der Waals surface area contributed by atoms with Crippen LogP contribution in [0.15, 0.2) is 48.5 Å². The van der Waals surface area contributed by atoms with Crippen molar-refractivity contribution in [2.45, 2.75) is 6.92 Å². The van der Waals surface area contributed by atoms with Crippen LogP contribution in [-0.4, -0.2) is 37.4 Å². The number of nitrogens with zero attached hydrogens (tertiary/aromatic N) is 1. The van der Waals surface area contributed by atoms with Crippen LogP contribution >= 0.6 is 11.6 Å². The molecule has 0 atom stereocenters. The van der Waals surface area contributed by atoms with Crippen molar-refractivity contribution in [3.63, 3.8) is 0 Å². The van der Waals surface area contributed by atoms with E-state index in [-0.39, 0.29) is 18.4 Å². The van der Waals surface area contributed by atoms with Crippen LogP contribution in [0.2, 0.25) is 5.02 Å². The first kappa shape index (κ1) is 19.5. The van der Waals surface area contributed by atoms with Crippen molar-refractivity contribution in [3.05, 3.63) is 64.7 Å². The fourth-order valence-electron chi connectivity index (χ4n) is 2.23. The summed E-state index contributed by atoms with van der Waals surface area (Å²) >= 11 is 5.94. The van der Waals surface area contributed by atoms with E-state index in [4.69, 9.17) is 16.3 Å². The summed E-state index contributed by atoms with van der Waals surface area (Å²) in [7, 11) is 3.07. The maximum absolute atomic E-state index is 12.2. The average Bonchev–Trinajstić information content (AvgIpc) is 2.61. The van der Waals surface area contributed by atoms with Gasteiger partial charge in [-0.15, -0.1) is 0 Å². The Morgan fingerprint density at radius 3 is 2.54 bits per heavy atom. The van der Waals surface area contributed by atoms with Crippen molar-refractivity contribution in [1.82, 2.24) is 4.90 Å². The molecule has 0 heterocycles. The average molecular weight is 373 g/mol. The number of halogens is 1. The van der Waals surface area contributed by atoms with E-state index >= 15 is 0 Å². The van der Waals surface area contributed by atoms with Crippen LogP contribution in [0.3, 0.4) is 0 Å². The van der Waals surface area contributed by atoms with Gasteiger partial charge in [-0.3, -0.25) is 9.59 Å². The predicted molar refractivity (Wildman–Crippen MR) is 104 cm³/mol. The highest BCUT2D eigenvalue weighted by atomic mass is 35.5. The number of nitrogens with one attached hydrogen (secondary N) is 1. The molecule has 0 aromatic heterocycles. The van der Waals surface area contributed by atoms with Gasteiger partial charge in [0.25, 0.3) is 0 Å². The van der Waals surface area contributed by atoms with Crippen molar-refractivity contribution >= 4 is 35.2 Å². The number of methoxy groups -OCH3 is 1. The van der Waals surface area contributed by atoms with Gasteiger partial charge < -0.3 is 15.0 Å². The van der Waals surface area contributed by atoms with Crippen LogP contribution in [0.4, 0.5) is 5.69 Å². The van der Waals surface area contributed by atoms with Crippen molar-refractivity contribution in [2.24, 2.45) is 0 Å². The summed E-state index contributed by atoms with van der Waals surface area (Å²) in [6.45, 7) is 1.91. The fourth-order valence-corrected chi connectivity index (χ4v) is 2.41. The van der Waals surface area contributed by atoms with Gasteiger partial charge in [0.05, 0.1) is 19.3 Å². The molecule has 26 heavy (non-hydrogen) atoms. The molecule has 0 spiro atoms. The van der Waals surface area contributed by atoms with Crippen molar-refractivity contribution in [1.29, 1.82) is 0 Å². The quantitative estimate of drug-likeness (QED) is 0.785. The summed E-state index contributed by atoms with van der Waals surface area (Å²) < 4.78 is 5.18. The van der Waals surface area contributed by atoms with Crippen LogP contribution in [0.25, 0.3) is 6.08 Å². The van der Waals surface area contributed by atoms with E-state index in [0.29, 0.717) is 16.5 Å². The summed E-state index contributed by atoms with van der Waals surface area (Å²) in [5, 5.41) is 3.18. The summed E-state index contributed by atoms with van der Waals surface area (Å²) in [6, 6.07) is 12.7. The van der Waals surface area contributed by atoms with Gasteiger partial charge >= 0.3 is 0 Å². The molecule has 0 saturated carbocycles. The Kier molecular flexibility index (Phi) is 6.81. The third-order valence-corrected chi connectivity index (χ3v) is 3.92. The van der Waals surface area contributed by atoms with Crippen LogP contribution in [-0.2, 0) is 9.59 Å². The van der Waals surface area contributed by atoms with Gasteiger partial charge in [-0.2, -0.15) is 0 Å². The minimum absolute atomic E-state index is 0.0905. The van der Waals surface area contributed by atoms with Crippen LogP contribution in [0, 0.1) is 6.92 Å². The second kappa shape index (κ2) is 9.06. The standard InChI is InChI=1S/C20H21ClN2O3/c1-14-4-6-15(7-5-14)8-11-20(25)23(2)13-19(24)22-17-12-16(21)9-10-18(17)26-3/h4-12H,13H2,1-3H3,(H,22,24)/b11-8+. The highest BCUT2D eigenvalue weighted by Gasteiger charge is 2.13. The largest absolute Gasteiger partial charge is 0.495 e. The minimum atomic E-state index is -0.342. The number of rotatable bonds is 6. The molecule has 0 saturated heterocycles. The number of hydrogen-bond acceptors (Lipinski definition) is 3. The zero-order valence-electron chi connectivity index (χ0n) is 15.0. The number of benzene rings is 2. The van der Waals surface area contributed by atoms with Gasteiger partial charge in [-0.1, -0.05) is 41.4 Å². The van der Waals surface area contributed by atoms with Gasteiger partial charge in [-0.05, 0) is 36.8 Å². The van der Waals surface area contributed by atoms with Crippen molar-refractivity contribution < 1.29 is 14.3 Å². The second-order valence-electron chi connectivity index (χ2n) is 5.83. The number of carbonyl (C=O) groups is 2. The van der Waals surface area contributed by atoms with E-state index in [1.165, 1.54) is 18.1 Å². The zero-order chi connectivity index (χ0) is 19.1. The first-order chi connectivity index (χ1) is 12.4. The lowest BCUT2D eigenvalue weighted by molar-refractivity contribution is -0.129. The molecule has 136 valence electrons. The monoisotopic (exact) mass is 372 g/mol. The lowest BCUT2D eigenvalue weighted by Crippen LogP contribution is -2.33. The van der Waals surface area contributed by atoms with Gasteiger partial charge in [-0.25, -0.2) is 0 Å². The maximum atomic E-state index is 12.2. The lowest BCUT2D eigenvalue weighted by atomic mass is 10.1. The van der Waals surface area contributed by atoms with Crippen molar-refractivity contribution in [2.75, 3.05) is 26.0 Å². The molecule has 0 aliphatic heterocycles. The number of aryl methyl sites for hydroxylation is 1. The second-order valence-corrected chi connectivity index (χ2v) is 6.27. The molecule has 6 heteroatoms. The molecular formula is C20H21ClN2O3. The van der Waals surface area contributed by atoms with E-state index in [1.807, 2.05) is 31.2 Å². The number of ether oxygens (including phenoxy) is 1. The fraction of sp³-hybridized carbons (Fsp3) is 0.200. The molecule has 2 rings (SSSR count). The topological polar surface area (TPSA) is 58.6 Å². The van der Waals surface area contributed by atoms with E-state index in [1.54, 1.807) is 31.3 Å². The molecule has 2 aromatic rings. The molecule has 2 aromatic carbocycles. The van der Waals surface area contributed by atoms with E-state index in [9.17, 15) is 9.59 Å². The molecule has 0 fully saturated rings. The predicted octanol–water partition coefficient (Wildman–Crippen LogP) is 3.77. The zero-order valence-corrected chi connectivity index (χ0v) is 15.7. The SMILES string of the molecule is COc1ccc(Cl)cc1NC(=O)CN(C)C(=O)/C=C/c1ccc(C)cc1. The van der Waals surface area contributed by atoms with E-state index in [2.05, 4.69) is 5.32 Å². The Balaban J connectivity index is 1.95. The number of likely N-dealkylation sites (N-methyl/N-ethyl adjacent to an activating group) is 1. The molecule has 0 unspecified atom stereocenters. The molecule has 0 bridgehead atoms. The Bertz CT molecular complexity index is 816. The molecule has 0 aliphatic carbocycles. The first-order valence-corrected chi connectivity index (χ1v) is 8.40. The molecule has 2 amide bonds. The highest BCUT2D eigenvalue weighted by molar-refractivity contribution is 6.31. The number of hydrogen-bond donors (Lipinski definition) is 1. The highest BCUT2D eigenvalue weighted by Crippen LogP contribution is 2.27. The Morgan fingerprint density at radius 1 is 1.19 bits per heavy atom. The minimum Gasteiger partial charge on any atom is -0.495 e. The van der Waals surface area contributed by atoms with E-state index < -0.39 is 0 Å². The third kappa shape index (κ3) is 5.63. The van der Waals surface area contributed by atoms with Crippen LogP contribution < -0.4 is 10.1 Å². The summed E-state index contributed by atoms with van der Waals surface area (Å²) in [5.41, 5.74) is 2.53. The number of anilines is 1. The van der Waals surface area contributed by atoms with E-state index in [0.717, 1.165) is 11.1 Å². The third-order valence-electron chi connectivity index (χ3n) is 3.69. The lowest BCUT2D eigenvalue weighted by Gasteiger charge is -2.16. The van der Waals surface area contributed by atoms with Gasteiger partial charge in [0.15, 0.2) is 0 Å². The Labute approximate surface area is 158 Å². The number of amides is 2.